The summed E-state index contributed by atoms with van der Waals surface area (Å²) in [6.45, 7) is 2.70. The Bertz CT molecular complexity index is 658. The normalized spacial score (nSPS) is 18.7. The van der Waals surface area contributed by atoms with E-state index in [2.05, 4.69) is 36.6 Å². The number of guanidine groups is 1. The van der Waals surface area contributed by atoms with Crippen LogP contribution >= 0.6 is 35.7 Å². The molecule has 0 spiro atoms. The van der Waals surface area contributed by atoms with Crippen molar-refractivity contribution in [2.45, 2.75) is 75.4 Å². The van der Waals surface area contributed by atoms with Crippen LogP contribution in [0.2, 0.25) is 0 Å². The topological polar surface area (TPSA) is 76.4 Å². The number of methoxy groups -OCH3 is 1. The molecule has 2 fully saturated rings. The zero-order chi connectivity index (χ0) is 20.5. The van der Waals surface area contributed by atoms with Crippen molar-refractivity contribution in [1.29, 1.82) is 0 Å². The number of rotatable bonds is 11. The average Bonchev–Trinajstić information content (AvgIpc) is 3.37. The number of nitrogens with zero attached hydrogens (tertiary/aromatic N) is 4. The van der Waals surface area contributed by atoms with Gasteiger partial charge in [0.15, 0.2) is 11.1 Å². The fourth-order valence-corrected chi connectivity index (χ4v) is 5.18. The SMILES string of the molecule is CN=C(NCCCc1nnc(SC)n1C1CCCC1)NCC1(CCOC)CCC1.I. The van der Waals surface area contributed by atoms with Crippen molar-refractivity contribution in [3.63, 3.8) is 0 Å². The maximum Gasteiger partial charge on any atom is 0.191 e. The van der Waals surface area contributed by atoms with Crippen molar-refractivity contribution >= 4 is 41.7 Å². The highest BCUT2D eigenvalue weighted by atomic mass is 127. The van der Waals surface area contributed by atoms with Crippen LogP contribution in [0.25, 0.3) is 0 Å². The maximum atomic E-state index is 5.30. The van der Waals surface area contributed by atoms with E-state index in [1.807, 2.05) is 7.05 Å². The fourth-order valence-electron chi connectivity index (χ4n) is 4.60. The van der Waals surface area contributed by atoms with Crippen molar-refractivity contribution in [3.05, 3.63) is 5.82 Å². The number of aliphatic imine (C=N–C) groups is 1. The van der Waals surface area contributed by atoms with E-state index in [9.17, 15) is 0 Å². The van der Waals surface area contributed by atoms with Gasteiger partial charge in [0.25, 0.3) is 0 Å². The Morgan fingerprint density at radius 3 is 2.60 bits per heavy atom. The van der Waals surface area contributed by atoms with Crippen LogP contribution in [0.4, 0.5) is 0 Å². The fraction of sp³-hybridized carbons (Fsp3) is 0.857. The first-order valence-corrected chi connectivity index (χ1v) is 12.3. The molecule has 0 atom stereocenters. The number of thioether (sulfide) groups is 1. The molecule has 1 aromatic heterocycles. The quantitative estimate of drug-likeness (QED) is 0.143. The second-order valence-corrected chi connectivity index (χ2v) is 9.24. The van der Waals surface area contributed by atoms with Gasteiger partial charge in [0.1, 0.15) is 5.82 Å². The number of nitrogens with one attached hydrogen (secondary N) is 2. The Morgan fingerprint density at radius 2 is 2.00 bits per heavy atom. The third-order valence-electron chi connectivity index (χ3n) is 6.58. The van der Waals surface area contributed by atoms with Crippen LogP contribution in [0.5, 0.6) is 0 Å². The molecule has 0 saturated heterocycles. The van der Waals surface area contributed by atoms with E-state index in [1.54, 1.807) is 18.9 Å². The van der Waals surface area contributed by atoms with E-state index < -0.39 is 0 Å². The zero-order valence-electron chi connectivity index (χ0n) is 18.8. The molecule has 7 nitrogen and oxygen atoms in total. The lowest BCUT2D eigenvalue weighted by Gasteiger charge is -2.42. The van der Waals surface area contributed by atoms with Gasteiger partial charge in [0, 0.05) is 46.3 Å². The van der Waals surface area contributed by atoms with Crippen LogP contribution in [0, 0.1) is 5.41 Å². The van der Waals surface area contributed by atoms with Gasteiger partial charge in [-0.15, -0.1) is 34.2 Å². The summed E-state index contributed by atoms with van der Waals surface area (Å²) >= 11 is 1.71. The van der Waals surface area contributed by atoms with Gasteiger partial charge in [0.05, 0.1) is 0 Å². The van der Waals surface area contributed by atoms with Crippen LogP contribution in [0.15, 0.2) is 10.1 Å². The number of aromatic nitrogens is 3. The summed E-state index contributed by atoms with van der Waals surface area (Å²) in [5.41, 5.74) is 0.388. The molecule has 2 saturated carbocycles. The van der Waals surface area contributed by atoms with Gasteiger partial charge in [-0.1, -0.05) is 31.0 Å². The molecule has 0 bridgehead atoms. The van der Waals surface area contributed by atoms with Crippen molar-refractivity contribution in [2.75, 3.05) is 40.1 Å². The van der Waals surface area contributed by atoms with Crippen LogP contribution in [-0.4, -0.2) is 60.8 Å². The average molecular weight is 551 g/mol. The van der Waals surface area contributed by atoms with Crippen molar-refractivity contribution in [1.82, 2.24) is 25.4 Å². The van der Waals surface area contributed by atoms with Gasteiger partial charge in [0.2, 0.25) is 0 Å². The van der Waals surface area contributed by atoms with Crippen LogP contribution in [-0.2, 0) is 11.2 Å². The maximum absolute atomic E-state index is 5.30. The summed E-state index contributed by atoms with van der Waals surface area (Å²) < 4.78 is 7.70. The highest BCUT2D eigenvalue weighted by molar-refractivity contribution is 14.0. The molecular weight excluding hydrogens is 511 g/mol. The van der Waals surface area contributed by atoms with Crippen LogP contribution < -0.4 is 10.6 Å². The molecule has 1 aromatic rings. The van der Waals surface area contributed by atoms with Gasteiger partial charge in [-0.3, -0.25) is 4.99 Å². The summed E-state index contributed by atoms with van der Waals surface area (Å²) in [5, 5.41) is 17.0. The monoisotopic (exact) mass is 550 g/mol. The molecule has 0 aliphatic heterocycles. The molecule has 0 unspecified atom stereocenters. The lowest BCUT2D eigenvalue weighted by atomic mass is 9.67. The standard InChI is InChI=1S/C21H38N6OS.HI/c1-22-19(24-16-21(11-7-12-21)13-15-28-2)23-14-6-10-18-25-26-20(29-3)27(18)17-8-4-5-9-17;/h17H,4-16H2,1-3H3,(H2,22,23,24);1H. The van der Waals surface area contributed by atoms with Crippen LogP contribution in [0.3, 0.4) is 0 Å². The lowest BCUT2D eigenvalue weighted by molar-refractivity contribution is 0.0732. The van der Waals surface area contributed by atoms with Gasteiger partial charge in [-0.05, 0) is 50.2 Å². The molecule has 0 aromatic carbocycles. The zero-order valence-corrected chi connectivity index (χ0v) is 21.9. The Kier molecular flexibility index (Phi) is 11.2. The summed E-state index contributed by atoms with van der Waals surface area (Å²) in [7, 11) is 3.63. The molecular formula is C21H39IN6OS. The first-order chi connectivity index (χ1) is 14.2. The molecule has 30 heavy (non-hydrogen) atoms. The number of hydrogen-bond acceptors (Lipinski definition) is 5. The first-order valence-electron chi connectivity index (χ1n) is 11.1. The Labute approximate surface area is 203 Å². The Balaban J connectivity index is 0.00000320. The highest BCUT2D eigenvalue weighted by Gasteiger charge is 2.36. The molecule has 172 valence electrons. The highest BCUT2D eigenvalue weighted by Crippen LogP contribution is 2.43. The first kappa shape index (κ1) is 25.7. The van der Waals surface area contributed by atoms with Crippen LogP contribution in [0.1, 0.15) is 69.7 Å². The second-order valence-electron chi connectivity index (χ2n) is 8.46. The van der Waals surface area contributed by atoms with Crippen molar-refractivity contribution < 1.29 is 4.74 Å². The van der Waals surface area contributed by atoms with Gasteiger partial charge in [-0.25, -0.2) is 0 Å². The van der Waals surface area contributed by atoms with Crippen molar-refractivity contribution in [2.24, 2.45) is 10.4 Å². The largest absolute Gasteiger partial charge is 0.385 e. The number of aryl methyl sites for hydroxylation is 1. The molecule has 0 amide bonds. The second kappa shape index (κ2) is 13.1. The minimum atomic E-state index is 0. The summed E-state index contributed by atoms with van der Waals surface area (Å²) in [6.07, 6.45) is 14.3. The van der Waals surface area contributed by atoms with Crippen molar-refractivity contribution in [3.8, 4) is 0 Å². The van der Waals surface area contributed by atoms with Gasteiger partial charge < -0.3 is 19.9 Å². The molecule has 2 aliphatic carbocycles. The minimum Gasteiger partial charge on any atom is -0.385 e. The molecule has 2 aliphatic rings. The van der Waals surface area contributed by atoms with E-state index >= 15 is 0 Å². The number of hydrogen-bond donors (Lipinski definition) is 2. The predicted octanol–water partition coefficient (Wildman–Crippen LogP) is 4.04. The molecule has 1 heterocycles. The van der Waals surface area contributed by atoms with Gasteiger partial charge in [-0.2, -0.15) is 0 Å². The Morgan fingerprint density at radius 1 is 1.23 bits per heavy atom. The third-order valence-corrected chi connectivity index (χ3v) is 7.23. The third kappa shape index (κ3) is 6.72. The number of halogens is 1. The molecule has 0 radical (unpaired) electrons. The van der Waals surface area contributed by atoms with Gasteiger partial charge >= 0.3 is 0 Å². The molecule has 9 heteroatoms. The number of ether oxygens (including phenoxy) is 1. The lowest BCUT2D eigenvalue weighted by Crippen LogP contribution is -2.47. The van der Waals surface area contributed by atoms with E-state index in [4.69, 9.17) is 4.74 Å². The summed E-state index contributed by atoms with van der Waals surface area (Å²) in [6, 6.07) is 0.593. The van der Waals surface area contributed by atoms with E-state index in [1.165, 1.54) is 44.9 Å². The smallest absolute Gasteiger partial charge is 0.191 e. The Hall–Kier alpha value is -0.550. The summed E-state index contributed by atoms with van der Waals surface area (Å²) in [4.78, 5) is 4.40. The summed E-state index contributed by atoms with van der Waals surface area (Å²) in [5.74, 6) is 2.04. The minimum absolute atomic E-state index is 0. The van der Waals surface area contributed by atoms with E-state index in [0.29, 0.717) is 11.5 Å². The van der Waals surface area contributed by atoms with E-state index in [0.717, 1.165) is 55.9 Å². The molecule has 2 N–H and O–H groups in total. The molecule has 3 rings (SSSR count). The predicted molar refractivity (Wildman–Crippen MR) is 135 cm³/mol. The van der Waals surface area contributed by atoms with E-state index in [-0.39, 0.29) is 24.0 Å².